The number of hydrogen-bond donors (Lipinski definition) is 1. The number of thioether (sulfide) groups is 1. The molecule has 6 heteroatoms. The van der Waals surface area contributed by atoms with E-state index >= 15 is 0 Å². The first-order chi connectivity index (χ1) is 9.94. The van der Waals surface area contributed by atoms with Gasteiger partial charge in [-0.05, 0) is 48.2 Å². The summed E-state index contributed by atoms with van der Waals surface area (Å²) < 4.78 is 44.3. The average Bonchev–Trinajstić information content (AvgIpc) is 2.47. The predicted molar refractivity (Wildman–Crippen MR) is 77.6 cm³/mol. The van der Waals surface area contributed by atoms with Gasteiger partial charge in [-0.1, -0.05) is 6.07 Å². The van der Waals surface area contributed by atoms with Crippen LogP contribution in [0.2, 0.25) is 0 Å². The van der Waals surface area contributed by atoms with Crippen molar-refractivity contribution in [2.45, 2.75) is 17.6 Å². The third-order valence-electron chi connectivity index (χ3n) is 2.90. The Morgan fingerprint density at radius 1 is 1.05 bits per heavy atom. The van der Waals surface area contributed by atoms with Crippen molar-refractivity contribution in [2.24, 2.45) is 5.73 Å². The van der Waals surface area contributed by atoms with Gasteiger partial charge in [0.1, 0.15) is 11.5 Å². The number of benzene rings is 2. The van der Waals surface area contributed by atoms with Gasteiger partial charge in [0.25, 0.3) is 0 Å². The first-order valence-corrected chi connectivity index (χ1v) is 7.38. The molecule has 0 atom stereocenters. The van der Waals surface area contributed by atoms with E-state index in [1.165, 1.54) is 12.1 Å². The van der Waals surface area contributed by atoms with E-state index < -0.39 is 11.7 Å². The molecule has 0 saturated carbocycles. The fraction of sp³-hybridized carbons (Fsp3) is 0.200. The highest BCUT2D eigenvalue weighted by atomic mass is 32.2. The van der Waals surface area contributed by atoms with Gasteiger partial charge in [0.05, 0.1) is 5.56 Å². The summed E-state index contributed by atoms with van der Waals surface area (Å²) in [5, 5.41) is 0. The average molecular weight is 313 g/mol. The molecule has 0 fully saturated rings. The van der Waals surface area contributed by atoms with Gasteiger partial charge in [0, 0.05) is 11.4 Å². The number of rotatable bonds is 4. The minimum atomic E-state index is -4.45. The summed E-state index contributed by atoms with van der Waals surface area (Å²) in [4.78, 5) is 1.05. The molecule has 112 valence electrons. The largest absolute Gasteiger partial charge is 0.457 e. The van der Waals surface area contributed by atoms with Crippen LogP contribution in [-0.4, -0.2) is 6.26 Å². The van der Waals surface area contributed by atoms with Gasteiger partial charge >= 0.3 is 6.18 Å². The first-order valence-electron chi connectivity index (χ1n) is 6.16. The molecule has 2 aromatic rings. The SMILES string of the molecule is CSc1ccc(Oc2ccc(CN)c(C(F)(F)F)c2)cc1. The van der Waals surface area contributed by atoms with Gasteiger partial charge in [-0.3, -0.25) is 0 Å². The maximum Gasteiger partial charge on any atom is 0.416 e. The van der Waals surface area contributed by atoms with Gasteiger partial charge in [-0.2, -0.15) is 13.2 Å². The first kappa shape index (κ1) is 15.7. The normalized spacial score (nSPS) is 11.5. The highest BCUT2D eigenvalue weighted by molar-refractivity contribution is 7.98. The number of halogens is 3. The van der Waals surface area contributed by atoms with Crippen LogP contribution in [-0.2, 0) is 12.7 Å². The van der Waals surface area contributed by atoms with E-state index in [4.69, 9.17) is 10.5 Å². The third-order valence-corrected chi connectivity index (χ3v) is 3.65. The minimum Gasteiger partial charge on any atom is -0.457 e. The van der Waals surface area contributed by atoms with Crippen molar-refractivity contribution in [1.29, 1.82) is 0 Å². The van der Waals surface area contributed by atoms with Crippen LogP contribution in [0.1, 0.15) is 11.1 Å². The zero-order valence-electron chi connectivity index (χ0n) is 11.3. The van der Waals surface area contributed by atoms with E-state index in [1.54, 1.807) is 23.9 Å². The fourth-order valence-electron chi connectivity index (χ4n) is 1.84. The van der Waals surface area contributed by atoms with Gasteiger partial charge in [0.2, 0.25) is 0 Å². The van der Waals surface area contributed by atoms with Crippen LogP contribution >= 0.6 is 11.8 Å². The van der Waals surface area contributed by atoms with Crippen LogP contribution in [0, 0.1) is 0 Å². The second-order valence-electron chi connectivity index (χ2n) is 4.30. The smallest absolute Gasteiger partial charge is 0.416 e. The molecule has 0 unspecified atom stereocenters. The fourth-order valence-corrected chi connectivity index (χ4v) is 2.25. The van der Waals surface area contributed by atoms with Gasteiger partial charge in [-0.25, -0.2) is 0 Å². The predicted octanol–water partition coefficient (Wildman–Crippen LogP) is 4.68. The summed E-state index contributed by atoms with van der Waals surface area (Å²) in [6.45, 7) is -0.169. The van der Waals surface area contributed by atoms with Crippen molar-refractivity contribution in [2.75, 3.05) is 6.26 Å². The standard InChI is InChI=1S/C15H14F3NOS/c1-21-13-6-4-11(5-7-13)20-12-3-2-10(9-19)14(8-12)15(16,17)18/h2-8H,9,19H2,1H3. The van der Waals surface area contributed by atoms with Crippen LogP contribution in [0.4, 0.5) is 13.2 Å². The molecule has 0 aliphatic rings. The molecule has 2 rings (SSSR count). The molecule has 0 aromatic heterocycles. The Morgan fingerprint density at radius 3 is 2.19 bits per heavy atom. The lowest BCUT2D eigenvalue weighted by molar-refractivity contribution is -0.138. The van der Waals surface area contributed by atoms with Crippen molar-refractivity contribution >= 4 is 11.8 Å². The van der Waals surface area contributed by atoms with Crippen LogP contribution in [0.5, 0.6) is 11.5 Å². The molecule has 0 aliphatic carbocycles. The Hall–Kier alpha value is -1.66. The van der Waals surface area contributed by atoms with Gasteiger partial charge in [0.15, 0.2) is 0 Å². The maximum atomic E-state index is 12.9. The Bertz CT molecular complexity index is 611. The molecule has 2 N–H and O–H groups in total. The second kappa shape index (κ2) is 6.41. The summed E-state index contributed by atoms with van der Waals surface area (Å²) in [6, 6.07) is 10.9. The minimum absolute atomic E-state index is 0.0487. The molecule has 0 bridgehead atoms. The van der Waals surface area contributed by atoms with Crippen LogP contribution in [0.3, 0.4) is 0 Å². The van der Waals surface area contributed by atoms with E-state index in [9.17, 15) is 13.2 Å². The maximum absolute atomic E-state index is 12.9. The lowest BCUT2D eigenvalue weighted by Gasteiger charge is -2.14. The van der Waals surface area contributed by atoms with Gasteiger partial charge in [-0.15, -0.1) is 11.8 Å². The monoisotopic (exact) mass is 313 g/mol. The molecule has 0 amide bonds. The Balaban J connectivity index is 2.27. The molecule has 0 heterocycles. The number of alkyl halides is 3. The zero-order valence-corrected chi connectivity index (χ0v) is 12.1. The van der Waals surface area contributed by atoms with E-state index in [2.05, 4.69) is 0 Å². The molecule has 2 aromatic carbocycles. The number of nitrogens with two attached hydrogens (primary N) is 1. The molecular formula is C15H14F3NOS. The molecule has 2 nitrogen and oxygen atoms in total. The molecular weight excluding hydrogens is 299 g/mol. The van der Waals surface area contributed by atoms with Crippen molar-refractivity contribution in [3.05, 3.63) is 53.6 Å². The highest BCUT2D eigenvalue weighted by Crippen LogP contribution is 2.35. The lowest BCUT2D eigenvalue weighted by atomic mass is 10.1. The molecule has 0 aliphatic heterocycles. The highest BCUT2D eigenvalue weighted by Gasteiger charge is 2.33. The third kappa shape index (κ3) is 3.92. The summed E-state index contributed by atoms with van der Waals surface area (Å²) in [5.41, 5.74) is 4.63. The van der Waals surface area contributed by atoms with Gasteiger partial charge < -0.3 is 10.5 Å². The Kier molecular flexibility index (Phi) is 4.80. The number of hydrogen-bond acceptors (Lipinski definition) is 3. The van der Waals surface area contributed by atoms with E-state index in [0.717, 1.165) is 11.0 Å². The summed E-state index contributed by atoms with van der Waals surface area (Å²) in [5.74, 6) is 0.623. The van der Waals surface area contributed by atoms with E-state index in [1.807, 2.05) is 18.4 Å². The quantitative estimate of drug-likeness (QED) is 0.833. The number of ether oxygens (including phenoxy) is 1. The lowest BCUT2D eigenvalue weighted by Crippen LogP contribution is -2.11. The zero-order chi connectivity index (χ0) is 15.5. The van der Waals surface area contributed by atoms with Crippen LogP contribution in [0.25, 0.3) is 0 Å². The van der Waals surface area contributed by atoms with E-state index in [-0.39, 0.29) is 17.9 Å². The second-order valence-corrected chi connectivity index (χ2v) is 5.18. The summed E-state index contributed by atoms with van der Waals surface area (Å²) in [6.07, 6.45) is -2.51. The summed E-state index contributed by atoms with van der Waals surface area (Å²) >= 11 is 1.58. The van der Waals surface area contributed by atoms with Crippen molar-refractivity contribution in [3.63, 3.8) is 0 Å². The molecule has 0 saturated heterocycles. The van der Waals surface area contributed by atoms with Crippen molar-refractivity contribution in [3.8, 4) is 11.5 Å². The van der Waals surface area contributed by atoms with Crippen LogP contribution < -0.4 is 10.5 Å². The van der Waals surface area contributed by atoms with E-state index in [0.29, 0.717) is 5.75 Å². The topological polar surface area (TPSA) is 35.2 Å². The molecule has 21 heavy (non-hydrogen) atoms. The summed E-state index contributed by atoms with van der Waals surface area (Å²) in [7, 11) is 0. The Labute approximate surface area is 125 Å². The molecule has 0 spiro atoms. The Morgan fingerprint density at radius 2 is 1.67 bits per heavy atom. The van der Waals surface area contributed by atoms with Crippen molar-refractivity contribution in [1.82, 2.24) is 0 Å². The van der Waals surface area contributed by atoms with Crippen LogP contribution in [0.15, 0.2) is 47.4 Å². The molecule has 0 radical (unpaired) electrons. The van der Waals surface area contributed by atoms with Crippen molar-refractivity contribution < 1.29 is 17.9 Å².